The number of aliphatic hydroxyl groups excluding tert-OH is 2. The standard InChI is InChI=1S/C67H114O12/c1-4-7-10-13-16-19-22-25-27-29-30-32-33-36-38-41-44-47-50-53-59(68)75-56-58(77-60(69)54-51-48-45-42-40-37-34-31-28-26-23-20-17-14-11-8-5-2)57-76-67-65(63(72)62(71)64(79-67)66(73)74)78-61(70)55-52-49-46-43-39-35-24-21-18-15-12-9-6-3/h8,11,16-17,19-20,25-28,30,32,58,62-65,67,71-72H,4-7,9-10,12-15,18,21-24,29,31,33-57H2,1-3H3,(H,73,74)/b11-8-,19-16-,20-17-,27-25-,28-26-,32-30-. The van der Waals surface area contributed by atoms with Crippen LogP contribution in [0.25, 0.3) is 0 Å². The molecule has 6 atom stereocenters. The van der Waals surface area contributed by atoms with Crippen LogP contribution in [0.5, 0.6) is 0 Å². The molecule has 1 rings (SSSR count). The van der Waals surface area contributed by atoms with Gasteiger partial charge in [-0.05, 0) is 89.9 Å². The first-order chi connectivity index (χ1) is 38.6. The second-order valence-electron chi connectivity index (χ2n) is 21.7. The van der Waals surface area contributed by atoms with Gasteiger partial charge in [0.15, 0.2) is 24.6 Å². The Balaban J connectivity index is 2.68. The van der Waals surface area contributed by atoms with Crippen LogP contribution >= 0.6 is 0 Å². The van der Waals surface area contributed by atoms with E-state index >= 15 is 0 Å². The topological polar surface area (TPSA) is 175 Å². The van der Waals surface area contributed by atoms with E-state index in [0.717, 1.165) is 141 Å². The molecule has 1 fully saturated rings. The lowest BCUT2D eigenvalue weighted by molar-refractivity contribution is -0.301. The molecule has 12 nitrogen and oxygen atoms in total. The van der Waals surface area contributed by atoms with Gasteiger partial charge in [-0.15, -0.1) is 0 Å². The highest BCUT2D eigenvalue weighted by atomic mass is 16.7. The average molecular weight is 1110 g/mol. The number of carboxylic acids is 1. The van der Waals surface area contributed by atoms with Gasteiger partial charge in [0.1, 0.15) is 18.8 Å². The number of unbranched alkanes of at least 4 members (excludes halogenated alkanes) is 28. The van der Waals surface area contributed by atoms with E-state index in [4.69, 9.17) is 23.7 Å². The smallest absolute Gasteiger partial charge is 0.335 e. The van der Waals surface area contributed by atoms with E-state index in [9.17, 15) is 34.5 Å². The molecule has 79 heavy (non-hydrogen) atoms. The summed E-state index contributed by atoms with van der Waals surface area (Å²) >= 11 is 0. The van der Waals surface area contributed by atoms with Crippen molar-refractivity contribution in [3.63, 3.8) is 0 Å². The molecule has 3 N–H and O–H groups in total. The molecular formula is C67H114O12. The molecule has 0 amide bonds. The molecular weight excluding hydrogens is 997 g/mol. The second kappa shape index (κ2) is 54.7. The lowest BCUT2D eigenvalue weighted by Gasteiger charge is -2.40. The molecule has 6 unspecified atom stereocenters. The third kappa shape index (κ3) is 44.5. The van der Waals surface area contributed by atoms with Crippen molar-refractivity contribution in [2.45, 2.75) is 314 Å². The van der Waals surface area contributed by atoms with Gasteiger partial charge in [0.05, 0.1) is 6.61 Å². The number of rotatable bonds is 54. The number of esters is 3. The Bertz CT molecular complexity index is 1650. The summed E-state index contributed by atoms with van der Waals surface area (Å²) in [5, 5.41) is 31.5. The first-order valence-corrected chi connectivity index (χ1v) is 31.9. The minimum absolute atomic E-state index is 0.0594. The van der Waals surface area contributed by atoms with Crippen LogP contribution in [-0.2, 0) is 42.9 Å². The average Bonchev–Trinajstić information content (AvgIpc) is 3.46. The third-order valence-corrected chi connectivity index (χ3v) is 14.3. The van der Waals surface area contributed by atoms with E-state index in [0.29, 0.717) is 19.3 Å². The minimum atomic E-state index is -1.91. The van der Waals surface area contributed by atoms with Crippen molar-refractivity contribution >= 4 is 23.9 Å². The SMILES string of the molecule is CC/C=C\C/C=C\C/C=C\CCCCCCCCCC(=O)OC(COC(=O)CCCCCCCC/C=C\C/C=C\C/C=C\CCCCC)COC1OC(C(=O)O)C(O)C(O)C1OC(=O)CCCCCCCCCCCCCCC. The number of hydrogen-bond donors (Lipinski definition) is 3. The Morgan fingerprint density at radius 3 is 1.24 bits per heavy atom. The first-order valence-electron chi connectivity index (χ1n) is 31.9. The summed E-state index contributed by atoms with van der Waals surface area (Å²) in [4.78, 5) is 51.3. The van der Waals surface area contributed by atoms with Gasteiger partial charge >= 0.3 is 23.9 Å². The fourth-order valence-electron chi connectivity index (χ4n) is 9.39. The molecule has 1 aliphatic heterocycles. The molecule has 0 radical (unpaired) electrons. The number of carbonyl (C=O) groups excluding carboxylic acids is 3. The van der Waals surface area contributed by atoms with Gasteiger partial charge in [-0.1, -0.05) is 241 Å². The lowest BCUT2D eigenvalue weighted by Crippen LogP contribution is -2.61. The summed E-state index contributed by atoms with van der Waals surface area (Å²) in [5.41, 5.74) is 0. The number of hydrogen-bond acceptors (Lipinski definition) is 11. The normalized spacial score (nSPS) is 18.3. The highest BCUT2D eigenvalue weighted by Crippen LogP contribution is 2.27. The second-order valence-corrected chi connectivity index (χ2v) is 21.7. The van der Waals surface area contributed by atoms with Crippen molar-refractivity contribution in [1.29, 1.82) is 0 Å². The molecule has 0 spiro atoms. The van der Waals surface area contributed by atoms with E-state index in [1.807, 2.05) is 0 Å². The number of carbonyl (C=O) groups is 4. The van der Waals surface area contributed by atoms with E-state index in [-0.39, 0.29) is 25.9 Å². The van der Waals surface area contributed by atoms with E-state index in [1.165, 1.54) is 77.0 Å². The molecule has 0 bridgehead atoms. The molecule has 0 aliphatic carbocycles. The van der Waals surface area contributed by atoms with Crippen LogP contribution in [-0.4, -0.2) is 89.2 Å². The van der Waals surface area contributed by atoms with Crippen LogP contribution < -0.4 is 0 Å². The molecule has 0 aromatic rings. The Labute approximate surface area is 480 Å². The fourth-order valence-corrected chi connectivity index (χ4v) is 9.39. The summed E-state index contributed by atoms with van der Waals surface area (Å²) in [6.07, 6.45) is 57.1. The van der Waals surface area contributed by atoms with Gasteiger partial charge in [0.25, 0.3) is 0 Å². The number of aliphatic hydroxyl groups is 2. The Kier molecular flexibility index (Phi) is 50.7. The predicted molar refractivity (Wildman–Crippen MR) is 322 cm³/mol. The highest BCUT2D eigenvalue weighted by Gasteiger charge is 2.50. The van der Waals surface area contributed by atoms with Crippen molar-refractivity contribution in [2.75, 3.05) is 13.2 Å². The van der Waals surface area contributed by atoms with Crippen LogP contribution in [0, 0.1) is 0 Å². The fraction of sp³-hybridized carbons (Fsp3) is 0.761. The quantitative estimate of drug-likeness (QED) is 0.0228. The summed E-state index contributed by atoms with van der Waals surface area (Å²) in [6.45, 7) is 5.86. The van der Waals surface area contributed by atoms with Gasteiger partial charge in [-0.25, -0.2) is 4.79 Å². The van der Waals surface area contributed by atoms with E-state index < -0.39 is 67.3 Å². The molecule has 12 heteroatoms. The Morgan fingerprint density at radius 2 is 0.797 bits per heavy atom. The molecule has 0 aromatic carbocycles. The van der Waals surface area contributed by atoms with Crippen LogP contribution in [0.3, 0.4) is 0 Å². The predicted octanol–water partition coefficient (Wildman–Crippen LogP) is 16.9. The van der Waals surface area contributed by atoms with E-state index in [2.05, 4.69) is 93.7 Å². The molecule has 0 aromatic heterocycles. The van der Waals surface area contributed by atoms with Crippen LogP contribution in [0.2, 0.25) is 0 Å². The molecule has 1 heterocycles. The molecule has 1 aliphatic rings. The van der Waals surface area contributed by atoms with Gasteiger partial charge in [-0.2, -0.15) is 0 Å². The third-order valence-electron chi connectivity index (χ3n) is 14.3. The summed E-state index contributed by atoms with van der Waals surface area (Å²) in [6, 6.07) is 0. The molecule has 0 saturated carbocycles. The summed E-state index contributed by atoms with van der Waals surface area (Å²) in [5.74, 6) is -3.13. The zero-order valence-corrected chi connectivity index (χ0v) is 50.1. The Morgan fingerprint density at radius 1 is 0.430 bits per heavy atom. The van der Waals surface area contributed by atoms with Gasteiger partial charge < -0.3 is 39.0 Å². The van der Waals surface area contributed by atoms with Gasteiger partial charge in [0.2, 0.25) is 0 Å². The van der Waals surface area contributed by atoms with Gasteiger partial charge in [-0.3, -0.25) is 14.4 Å². The lowest BCUT2D eigenvalue weighted by atomic mass is 9.98. The Hall–Kier alpha value is -3.84. The maximum atomic E-state index is 13.2. The number of ether oxygens (including phenoxy) is 5. The first kappa shape index (κ1) is 73.2. The van der Waals surface area contributed by atoms with Crippen molar-refractivity contribution in [2.24, 2.45) is 0 Å². The maximum Gasteiger partial charge on any atom is 0.335 e. The van der Waals surface area contributed by atoms with E-state index in [1.54, 1.807) is 0 Å². The van der Waals surface area contributed by atoms with Crippen molar-refractivity contribution in [3.8, 4) is 0 Å². The zero-order chi connectivity index (χ0) is 57.5. The molecule has 454 valence electrons. The monoisotopic (exact) mass is 1110 g/mol. The highest BCUT2D eigenvalue weighted by molar-refractivity contribution is 5.74. The van der Waals surface area contributed by atoms with Gasteiger partial charge in [0, 0.05) is 19.3 Å². The van der Waals surface area contributed by atoms with Crippen LogP contribution in [0.4, 0.5) is 0 Å². The minimum Gasteiger partial charge on any atom is -0.479 e. The summed E-state index contributed by atoms with van der Waals surface area (Å²) in [7, 11) is 0. The summed E-state index contributed by atoms with van der Waals surface area (Å²) < 4.78 is 28.5. The van der Waals surface area contributed by atoms with Crippen LogP contribution in [0.15, 0.2) is 72.9 Å². The van der Waals surface area contributed by atoms with Crippen molar-refractivity contribution < 1.29 is 58.2 Å². The number of aliphatic carboxylic acids is 1. The van der Waals surface area contributed by atoms with Crippen molar-refractivity contribution in [3.05, 3.63) is 72.9 Å². The largest absolute Gasteiger partial charge is 0.479 e. The number of allylic oxidation sites excluding steroid dienone is 12. The van der Waals surface area contributed by atoms with Crippen LogP contribution in [0.1, 0.15) is 278 Å². The maximum absolute atomic E-state index is 13.2. The molecule has 1 saturated heterocycles. The zero-order valence-electron chi connectivity index (χ0n) is 50.1. The number of carboxylic acid groups (broad SMARTS) is 1. The van der Waals surface area contributed by atoms with Crippen molar-refractivity contribution in [1.82, 2.24) is 0 Å².